The molecule has 11 rings (SSSR count). The Hall–Kier alpha value is -6.92. The van der Waals surface area contributed by atoms with Crippen molar-refractivity contribution in [1.29, 1.82) is 0 Å². The fraction of sp³-hybridized carbons (Fsp3) is 0.0638. The summed E-state index contributed by atoms with van der Waals surface area (Å²) in [5, 5.41) is 6.07. The van der Waals surface area contributed by atoms with Gasteiger partial charge >= 0.3 is 11.9 Å². The second-order valence-electron chi connectivity index (χ2n) is 14.0. The van der Waals surface area contributed by atoms with E-state index >= 15 is 0 Å². The van der Waals surface area contributed by atoms with Gasteiger partial charge in [0.05, 0.1) is 33.2 Å². The third kappa shape index (κ3) is 4.26. The number of esters is 2. The summed E-state index contributed by atoms with van der Waals surface area (Å²) in [4.78, 5) is 27.0. The van der Waals surface area contributed by atoms with Crippen LogP contribution in [0.25, 0.3) is 66.1 Å². The number of hydrogen-bond donors (Lipinski definition) is 0. The van der Waals surface area contributed by atoms with Crippen molar-refractivity contribution in [1.82, 2.24) is 9.13 Å². The largest absolute Gasteiger partial charge is 0.422 e. The summed E-state index contributed by atoms with van der Waals surface area (Å²) in [5.41, 5.74) is 9.32. The number of ether oxygens (including phenoxy) is 2. The van der Waals surface area contributed by atoms with Crippen LogP contribution in [0.5, 0.6) is 11.5 Å². The van der Waals surface area contributed by atoms with Gasteiger partial charge in [0.1, 0.15) is 11.5 Å². The maximum Gasteiger partial charge on any atom is 0.344 e. The first-order valence-corrected chi connectivity index (χ1v) is 17.9. The molecule has 0 amide bonds. The van der Waals surface area contributed by atoms with Crippen molar-refractivity contribution >= 4 is 72.4 Å². The van der Waals surface area contributed by atoms with Crippen LogP contribution >= 0.6 is 0 Å². The van der Waals surface area contributed by atoms with Gasteiger partial charge in [0.2, 0.25) is 0 Å². The normalized spacial score (nSPS) is 16.7. The van der Waals surface area contributed by atoms with Crippen molar-refractivity contribution in [2.24, 2.45) is 5.92 Å². The van der Waals surface area contributed by atoms with Crippen LogP contribution in [0.1, 0.15) is 18.9 Å². The maximum absolute atomic E-state index is 13.6. The Bertz CT molecular complexity index is 3030. The lowest BCUT2D eigenvalue weighted by molar-refractivity contribution is -0.128. The number of para-hydroxylation sites is 4. The van der Waals surface area contributed by atoms with Crippen LogP contribution in [0.15, 0.2) is 151 Å². The summed E-state index contributed by atoms with van der Waals surface area (Å²) >= 11 is 0. The highest BCUT2D eigenvalue weighted by atomic mass is 16.5. The van der Waals surface area contributed by atoms with Crippen LogP contribution in [-0.4, -0.2) is 21.1 Å². The molecular formula is C47H30N2O4. The van der Waals surface area contributed by atoms with Gasteiger partial charge in [-0.25, -0.2) is 9.59 Å². The van der Waals surface area contributed by atoms with E-state index in [0.29, 0.717) is 33.1 Å². The molecule has 0 fully saturated rings. The Kier molecular flexibility index (Phi) is 6.20. The minimum absolute atomic E-state index is 0.0365. The maximum atomic E-state index is 13.6. The lowest BCUT2D eigenvalue weighted by atomic mass is 9.85. The van der Waals surface area contributed by atoms with Gasteiger partial charge in [-0.05, 0) is 78.1 Å². The molecule has 1 unspecified atom stereocenters. The Morgan fingerprint density at radius 2 is 0.981 bits per heavy atom. The molecule has 6 nitrogen and oxygen atoms in total. The monoisotopic (exact) mass is 686 g/mol. The molecule has 0 saturated heterocycles. The molecule has 1 atom stereocenters. The minimum atomic E-state index is -0.426. The number of carbonyl (C=O) groups excluding carboxylic acids is 2. The van der Waals surface area contributed by atoms with Crippen molar-refractivity contribution in [3.05, 3.63) is 167 Å². The molecule has 1 aliphatic carbocycles. The minimum Gasteiger partial charge on any atom is -0.422 e. The number of allylic oxidation sites excluding steroid dienone is 3. The predicted molar refractivity (Wildman–Crippen MR) is 209 cm³/mol. The highest BCUT2D eigenvalue weighted by Gasteiger charge is 2.33. The quantitative estimate of drug-likeness (QED) is 0.138. The Morgan fingerprint density at radius 3 is 1.49 bits per heavy atom. The average molecular weight is 687 g/mol. The smallest absolute Gasteiger partial charge is 0.344 e. The van der Waals surface area contributed by atoms with E-state index in [4.69, 9.17) is 9.47 Å². The first kappa shape index (κ1) is 29.8. The predicted octanol–water partition coefficient (Wildman–Crippen LogP) is 8.59. The number of rotatable bonds is 4. The van der Waals surface area contributed by atoms with Crippen LogP contribution in [0.4, 0.5) is 0 Å². The molecule has 0 spiro atoms. The number of aromatic nitrogens is 2. The van der Waals surface area contributed by atoms with Crippen molar-refractivity contribution in [2.75, 3.05) is 0 Å². The van der Waals surface area contributed by atoms with Gasteiger partial charge in [0.15, 0.2) is 0 Å². The number of benzene rings is 6. The molecule has 6 heteroatoms. The van der Waals surface area contributed by atoms with Crippen molar-refractivity contribution in [2.45, 2.75) is 13.3 Å². The molecule has 2 aliphatic heterocycles. The van der Waals surface area contributed by atoms with E-state index in [1.165, 1.54) is 21.5 Å². The average Bonchev–Trinajstić information content (AvgIpc) is 3.90. The molecule has 2 aromatic heterocycles. The van der Waals surface area contributed by atoms with Crippen LogP contribution in [0, 0.1) is 5.92 Å². The zero-order valence-electron chi connectivity index (χ0n) is 28.7. The molecule has 252 valence electrons. The van der Waals surface area contributed by atoms with Gasteiger partial charge in [-0.2, -0.15) is 0 Å². The van der Waals surface area contributed by atoms with Crippen molar-refractivity contribution < 1.29 is 19.1 Å². The number of nitrogens with zero attached hydrogens (tertiary/aromatic N) is 2. The lowest BCUT2D eigenvalue weighted by Gasteiger charge is -2.23. The van der Waals surface area contributed by atoms with Gasteiger partial charge in [-0.3, -0.25) is 0 Å². The van der Waals surface area contributed by atoms with Crippen molar-refractivity contribution in [3.63, 3.8) is 0 Å². The van der Waals surface area contributed by atoms with Crippen LogP contribution in [0.2, 0.25) is 0 Å². The second-order valence-corrected chi connectivity index (χ2v) is 14.0. The molecule has 3 aliphatic rings. The highest BCUT2D eigenvalue weighted by molar-refractivity contribution is 6.21. The number of hydrogen-bond acceptors (Lipinski definition) is 4. The summed E-state index contributed by atoms with van der Waals surface area (Å²) in [6.07, 6.45) is 4.91. The third-order valence-electron chi connectivity index (χ3n) is 11.1. The molecule has 53 heavy (non-hydrogen) atoms. The van der Waals surface area contributed by atoms with E-state index < -0.39 is 5.97 Å². The summed E-state index contributed by atoms with van der Waals surface area (Å²) in [6, 6.07) is 45.3. The van der Waals surface area contributed by atoms with Gasteiger partial charge < -0.3 is 18.6 Å². The molecule has 0 N–H and O–H groups in total. The molecule has 6 aromatic carbocycles. The number of fused-ring (bicyclic) bond motifs is 8. The first-order valence-electron chi connectivity index (χ1n) is 17.9. The van der Waals surface area contributed by atoms with Crippen LogP contribution in [0.3, 0.4) is 0 Å². The molecule has 0 radical (unpaired) electrons. The van der Waals surface area contributed by atoms with E-state index in [-0.39, 0.29) is 11.9 Å². The fourth-order valence-electron chi connectivity index (χ4n) is 8.74. The number of carbonyl (C=O) groups is 2. The summed E-state index contributed by atoms with van der Waals surface area (Å²) in [5.74, 6) is 0.0850. The highest BCUT2D eigenvalue weighted by Crippen LogP contribution is 2.40. The summed E-state index contributed by atoms with van der Waals surface area (Å²) < 4.78 is 16.3. The van der Waals surface area contributed by atoms with Crippen molar-refractivity contribution in [3.8, 4) is 17.2 Å². The Balaban J connectivity index is 1.01. The van der Waals surface area contributed by atoms with E-state index in [1.807, 2.05) is 42.5 Å². The SMILES string of the molecule is CC1CC(n2c3ccccc3c3ccccc32)=CC=C1C1=c2cc3c(cc2OC1=O)=C(c1ccc(-n2c4ccccc4c4ccccc42)cc1)C(=O)O3. The molecule has 4 heterocycles. The van der Waals surface area contributed by atoms with Gasteiger partial charge in [-0.1, -0.05) is 97.9 Å². The van der Waals surface area contributed by atoms with E-state index in [1.54, 1.807) is 12.1 Å². The zero-order valence-corrected chi connectivity index (χ0v) is 28.7. The molecule has 0 saturated carbocycles. The van der Waals surface area contributed by atoms with Gasteiger partial charge in [0, 0.05) is 43.4 Å². The van der Waals surface area contributed by atoms with E-state index in [0.717, 1.165) is 51.0 Å². The van der Waals surface area contributed by atoms with Gasteiger partial charge in [-0.15, -0.1) is 0 Å². The van der Waals surface area contributed by atoms with E-state index in [2.05, 4.69) is 107 Å². The van der Waals surface area contributed by atoms with Gasteiger partial charge in [0.25, 0.3) is 0 Å². The third-order valence-corrected chi connectivity index (χ3v) is 11.1. The zero-order chi connectivity index (χ0) is 35.4. The molecule has 0 bridgehead atoms. The standard InChI is InChI=1S/C47H30N2O4/c1-27-24-30(49-40-16-8-4-12-34(40)35-13-5-9-17-41(35)49)22-23-31(27)45-37-26-42-36(25-43(37)53-47(45)51)44(46(50)52-42)28-18-20-29(21-19-28)48-38-14-6-2-10-32(38)33-11-3-7-15-39(33)48/h2-23,25-27H,24H2,1H3. The molecule has 8 aromatic rings. The molecular weight excluding hydrogens is 657 g/mol. The lowest BCUT2D eigenvalue weighted by Crippen LogP contribution is -2.17. The summed E-state index contributed by atoms with van der Waals surface area (Å²) in [7, 11) is 0. The topological polar surface area (TPSA) is 62.5 Å². The Labute approximate surface area is 303 Å². The van der Waals surface area contributed by atoms with E-state index in [9.17, 15) is 9.59 Å². The second kappa shape index (κ2) is 11.0. The van der Waals surface area contributed by atoms with Crippen LogP contribution in [-0.2, 0) is 9.59 Å². The Morgan fingerprint density at radius 1 is 0.528 bits per heavy atom. The summed E-state index contributed by atoms with van der Waals surface area (Å²) in [6.45, 7) is 2.15. The fourth-order valence-corrected chi connectivity index (χ4v) is 8.74. The first-order chi connectivity index (χ1) is 26.0. The van der Waals surface area contributed by atoms with Crippen LogP contribution < -0.4 is 19.9 Å².